The van der Waals surface area contributed by atoms with Crippen LogP contribution in [0.2, 0.25) is 0 Å². The highest BCUT2D eigenvalue weighted by Crippen LogP contribution is 2.25. The highest BCUT2D eigenvalue weighted by molar-refractivity contribution is 7.98. The number of hydrogen-bond donors (Lipinski definition) is 1. The molecule has 1 aliphatic rings. The third-order valence-corrected chi connectivity index (χ3v) is 5.34. The van der Waals surface area contributed by atoms with Gasteiger partial charge in [-0.05, 0) is 42.4 Å². The van der Waals surface area contributed by atoms with Crippen LogP contribution in [0.5, 0.6) is 0 Å². The van der Waals surface area contributed by atoms with Gasteiger partial charge in [0.25, 0.3) is 5.91 Å². The van der Waals surface area contributed by atoms with E-state index >= 15 is 0 Å². The van der Waals surface area contributed by atoms with Gasteiger partial charge in [-0.3, -0.25) is 9.59 Å². The summed E-state index contributed by atoms with van der Waals surface area (Å²) in [5, 5.41) is 10.1. The largest absolute Gasteiger partial charge is 0.391 e. The van der Waals surface area contributed by atoms with Crippen molar-refractivity contribution in [3.8, 4) is 0 Å². The molecule has 6 heteroatoms. The van der Waals surface area contributed by atoms with Crippen LogP contribution >= 0.6 is 11.8 Å². The summed E-state index contributed by atoms with van der Waals surface area (Å²) in [6.45, 7) is 7.58. The second-order valence-corrected chi connectivity index (χ2v) is 8.65. The number of amides is 2. The Bertz CT molecular complexity index is 630. The zero-order valence-electron chi connectivity index (χ0n) is 16.2. The maximum atomic E-state index is 12.9. The highest BCUT2D eigenvalue weighted by Gasteiger charge is 2.35. The van der Waals surface area contributed by atoms with Gasteiger partial charge in [-0.25, -0.2) is 0 Å². The second kappa shape index (κ2) is 8.91. The number of hydrogen-bond acceptors (Lipinski definition) is 4. The first kappa shape index (κ1) is 20.8. The first-order chi connectivity index (χ1) is 12.3. The van der Waals surface area contributed by atoms with Gasteiger partial charge in [-0.1, -0.05) is 27.2 Å². The standard InChI is InChI=1S/C20H30N2O3S/c1-5-6-16(23)11-21-13-20(2,3)14-22(12-18(21)24)19(25)15-7-9-17(26-4)10-8-15/h7-10,16,23H,5-6,11-14H2,1-4H3. The molecule has 0 spiro atoms. The van der Waals surface area contributed by atoms with Crippen molar-refractivity contribution in [2.24, 2.45) is 5.41 Å². The molecule has 0 bridgehead atoms. The quantitative estimate of drug-likeness (QED) is 0.773. The van der Waals surface area contributed by atoms with Gasteiger partial charge in [-0.2, -0.15) is 0 Å². The summed E-state index contributed by atoms with van der Waals surface area (Å²) in [7, 11) is 0. The Hall–Kier alpha value is -1.53. The molecule has 5 nitrogen and oxygen atoms in total. The van der Waals surface area contributed by atoms with E-state index in [1.807, 2.05) is 37.4 Å². The predicted molar refractivity (Wildman–Crippen MR) is 105 cm³/mol. The Morgan fingerprint density at radius 1 is 1.27 bits per heavy atom. The molecular weight excluding hydrogens is 348 g/mol. The van der Waals surface area contributed by atoms with Crippen LogP contribution in [0.4, 0.5) is 0 Å². The van der Waals surface area contributed by atoms with Gasteiger partial charge in [0, 0.05) is 30.1 Å². The number of carbonyl (C=O) groups excluding carboxylic acids is 2. The van der Waals surface area contributed by atoms with Gasteiger partial charge in [0.1, 0.15) is 6.54 Å². The molecule has 1 saturated heterocycles. The molecule has 1 unspecified atom stereocenters. The number of carbonyl (C=O) groups is 2. The fourth-order valence-corrected chi connectivity index (χ4v) is 3.80. The van der Waals surface area contributed by atoms with Gasteiger partial charge in [0.2, 0.25) is 5.91 Å². The lowest BCUT2D eigenvalue weighted by Gasteiger charge is -2.31. The fraction of sp³-hybridized carbons (Fsp3) is 0.600. The van der Waals surface area contributed by atoms with Crippen molar-refractivity contribution < 1.29 is 14.7 Å². The number of benzene rings is 1. The zero-order valence-corrected chi connectivity index (χ0v) is 17.0. The molecule has 2 rings (SSSR count). The SMILES string of the molecule is CCCC(O)CN1CC(C)(C)CN(C(=O)c2ccc(SC)cc2)CC1=O. The first-order valence-electron chi connectivity index (χ1n) is 9.15. The minimum atomic E-state index is -0.513. The molecule has 2 amide bonds. The van der Waals surface area contributed by atoms with Gasteiger partial charge in [0.05, 0.1) is 6.10 Å². The number of thioether (sulfide) groups is 1. The van der Waals surface area contributed by atoms with E-state index in [1.54, 1.807) is 21.6 Å². The number of β-amino-alcohol motifs (C(OH)–C–C–N with tert-alkyl or cyclic N) is 1. The summed E-state index contributed by atoms with van der Waals surface area (Å²) in [5.74, 6) is -0.213. The molecule has 0 aromatic heterocycles. The summed E-state index contributed by atoms with van der Waals surface area (Å²) in [6, 6.07) is 7.49. The molecule has 1 atom stereocenters. The Morgan fingerprint density at radius 2 is 1.92 bits per heavy atom. The van der Waals surface area contributed by atoms with Crippen molar-refractivity contribution in [2.75, 3.05) is 32.4 Å². The third-order valence-electron chi connectivity index (χ3n) is 4.59. The molecule has 26 heavy (non-hydrogen) atoms. The van der Waals surface area contributed by atoms with Gasteiger partial charge >= 0.3 is 0 Å². The van der Waals surface area contributed by atoms with Gasteiger partial charge in [0.15, 0.2) is 0 Å². The molecule has 0 radical (unpaired) electrons. The summed E-state index contributed by atoms with van der Waals surface area (Å²) >= 11 is 1.63. The molecule has 0 saturated carbocycles. The van der Waals surface area contributed by atoms with Crippen molar-refractivity contribution in [3.63, 3.8) is 0 Å². The zero-order chi connectivity index (χ0) is 19.3. The van der Waals surface area contributed by atoms with Crippen molar-refractivity contribution >= 4 is 23.6 Å². The molecule has 1 N–H and O–H groups in total. The lowest BCUT2D eigenvalue weighted by atomic mass is 9.92. The summed E-state index contributed by atoms with van der Waals surface area (Å²) in [5.41, 5.74) is 0.373. The number of aliphatic hydroxyl groups is 1. The minimum absolute atomic E-state index is 0.0609. The molecule has 1 aromatic rings. The van der Waals surface area contributed by atoms with E-state index in [0.29, 0.717) is 31.6 Å². The topological polar surface area (TPSA) is 60.9 Å². The molecular formula is C20H30N2O3S. The van der Waals surface area contributed by atoms with Crippen molar-refractivity contribution in [1.29, 1.82) is 0 Å². The maximum Gasteiger partial charge on any atom is 0.254 e. The molecule has 1 fully saturated rings. The van der Waals surface area contributed by atoms with Gasteiger partial charge < -0.3 is 14.9 Å². The van der Waals surface area contributed by atoms with E-state index in [-0.39, 0.29) is 23.8 Å². The number of aliphatic hydroxyl groups excluding tert-OH is 1. The van der Waals surface area contributed by atoms with Crippen LogP contribution in [0.1, 0.15) is 44.0 Å². The van der Waals surface area contributed by atoms with Crippen molar-refractivity contribution in [2.45, 2.75) is 44.6 Å². The highest BCUT2D eigenvalue weighted by atomic mass is 32.2. The number of rotatable bonds is 6. The van der Waals surface area contributed by atoms with E-state index in [2.05, 4.69) is 13.8 Å². The monoisotopic (exact) mass is 378 g/mol. The number of nitrogens with zero attached hydrogens (tertiary/aromatic N) is 2. The molecule has 1 aromatic carbocycles. The molecule has 1 aliphatic heterocycles. The minimum Gasteiger partial charge on any atom is -0.391 e. The van der Waals surface area contributed by atoms with Gasteiger partial charge in [-0.15, -0.1) is 11.8 Å². The van der Waals surface area contributed by atoms with E-state index < -0.39 is 6.10 Å². The lowest BCUT2D eigenvalue weighted by Crippen LogP contribution is -2.42. The normalized spacial score (nSPS) is 18.6. The Kier molecular flexibility index (Phi) is 7.12. The molecule has 0 aliphatic carbocycles. The van der Waals surface area contributed by atoms with Crippen LogP contribution in [0, 0.1) is 5.41 Å². The average Bonchev–Trinajstić information content (AvgIpc) is 2.70. The van der Waals surface area contributed by atoms with Crippen molar-refractivity contribution in [1.82, 2.24) is 9.80 Å². The van der Waals surface area contributed by atoms with Crippen LogP contribution in [-0.4, -0.2) is 65.3 Å². The second-order valence-electron chi connectivity index (χ2n) is 7.77. The summed E-state index contributed by atoms with van der Waals surface area (Å²) in [4.78, 5) is 30.1. The fourth-order valence-electron chi connectivity index (χ4n) is 3.40. The Morgan fingerprint density at radius 3 is 2.50 bits per heavy atom. The van der Waals surface area contributed by atoms with Crippen LogP contribution in [0.25, 0.3) is 0 Å². The van der Waals surface area contributed by atoms with E-state index in [1.165, 1.54) is 0 Å². The van der Waals surface area contributed by atoms with Crippen LogP contribution in [0.3, 0.4) is 0 Å². The van der Waals surface area contributed by atoms with E-state index in [0.717, 1.165) is 11.3 Å². The Balaban J connectivity index is 2.15. The summed E-state index contributed by atoms with van der Waals surface area (Å²) < 4.78 is 0. The van der Waals surface area contributed by atoms with E-state index in [4.69, 9.17) is 0 Å². The first-order valence-corrected chi connectivity index (χ1v) is 10.4. The maximum absolute atomic E-state index is 12.9. The lowest BCUT2D eigenvalue weighted by molar-refractivity contribution is -0.132. The Labute approximate surface area is 160 Å². The van der Waals surface area contributed by atoms with Crippen molar-refractivity contribution in [3.05, 3.63) is 29.8 Å². The molecule has 144 valence electrons. The summed E-state index contributed by atoms with van der Waals surface area (Å²) in [6.07, 6.45) is 3.03. The van der Waals surface area contributed by atoms with E-state index in [9.17, 15) is 14.7 Å². The van der Waals surface area contributed by atoms with Crippen LogP contribution in [-0.2, 0) is 4.79 Å². The molecule has 1 heterocycles. The average molecular weight is 379 g/mol. The van der Waals surface area contributed by atoms with Crippen LogP contribution in [0.15, 0.2) is 29.2 Å². The smallest absolute Gasteiger partial charge is 0.254 e. The predicted octanol–water partition coefficient (Wildman–Crippen LogP) is 2.88. The van der Waals surface area contributed by atoms with Crippen LogP contribution < -0.4 is 0 Å². The third kappa shape index (κ3) is 5.48.